The normalized spacial score (nSPS) is 20.7. The van der Waals surface area contributed by atoms with Gasteiger partial charge in [-0.3, -0.25) is 4.79 Å². The average Bonchev–Trinajstić information content (AvgIpc) is 3.40. The van der Waals surface area contributed by atoms with Gasteiger partial charge in [0.25, 0.3) is 0 Å². The maximum atomic E-state index is 11.2. The van der Waals surface area contributed by atoms with Crippen LogP contribution in [0, 0.1) is 0 Å². The highest BCUT2D eigenvalue weighted by molar-refractivity contribution is 5.86. The van der Waals surface area contributed by atoms with E-state index in [-0.39, 0.29) is 11.8 Å². The van der Waals surface area contributed by atoms with Gasteiger partial charge in [0, 0.05) is 36.3 Å². The van der Waals surface area contributed by atoms with Crippen LogP contribution in [0.5, 0.6) is 0 Å². The van der Waals surface area contributed by atoms with Crippen molar-refractivity contribution >= 4 is 22.4 Å². The van der Waals surface area contributed by atoms with Crippen molar-refractivity contribution in [2.45, 2.75) is 50.1 Å². The van der Waals surface area contributed by atoms with E-state index in [1.54, 1.807) is 0 Å². The second kappa shape index (κ2) is 8.01. The number of nitrogens with one attached hydrogen (secondary N) is 1. The number of carboxylic acids is 1. The number of hydrogen-bond donors (Lipinski definition) is 2. The Morgan fingerprint density at radius 1 is 1.10 bits per heavy atom. The summed E-state index contributed by atoms with van der Waals surface area (Å²) in [4.78, 5) is 13.6. The fourth-order valence-electron chi connectivity index (χ4n) is 5.24. The number of nitrogens with zero attached hydrogens (tertiary/aromatic N) is 1. The van der Waals surface area contributed by atoms with Crippen LogP contribution in [0.4, 0.5) is 5.69 Å². The van der Waals surface area contributed by atoms with Crippen LogP contribution in [-0.4, -0.2) is 30.2 Å². The van der Waals surface area contributed by atoms with E-state index in [2.05, 4.69) is 83.9 Å². The van der Waals surface area contributed by atoms with E-state index in [1.807, 2.05) is 0 Å². The molecule has 31 heavy (non-hydrogen) atoms. The van der Waals surface area contributed by atoms with Crippen LogP contribution in [-0.2, 0) is 10.2 Å². The van der Waals surface area contributed by atoms with Crippen molar-refractivity contribution < 1.29 is 9.90 Å². The minimum Gasteiger partial charge on any atom is -0.481 e. The molecule has 160 valence electrons. The van der Waals surface area contributed by atoms with Gasteiger partial charge in [0.2, 0.25) is 0 Å². The summed E-state index contributed by atoms with van der Waals surface area (Å²) in [6.07, 6.45) is 3.34. The summed E-state index contributed by atoms with van der Waals surface area (Å²) in [5.74, 6) is -0.699. The van der Waals surface area contributed by atoms with Crippen LogP contribution >= 0.6 is 0 Å². The van der Waals surface area contributed by atoms with E-state index in [9.17, 15) is 9.90 Å². The first kappa shape index (κ1) is 20.1. The first-order valence-corrected chi connectivity index (χ1v) is 11.4. The average molecular weight is 415 g/mol. The number of carbonyl (C=O) groups is 1. The van der Waals surface area contributed by atoms with Gasteiger partial charge in [0.05, 0.1) is 6.42 Å². The van der Waals surface area contributed by atoms with Gasteiger partial charge in [-0.05, 0) is 60.2 Å². The van der Waals surface area contributed by atoms with Crippen molar-refractivity contribution in [3.63, 3.8) is 0 Å². The third kappa shape index (κ3) is 4.05. The summed E-state index contributed by atoms with van der Waals surface area (Å²) in [7, 11) is 0. The monoisotopic (exact) mass is 414 g/mol. The van der Waals surface area contributed by atoms with Crippen LogP contribution in [0.15, 0.2) is 66.7 Å². The third-order valence-corrected chi connectivity index (χ3v) is 7.15. The number of hydrogen-bond acceptors (Lipinski definition) is 3. The lowest BCUT2D eigenvalue weighted by Gasteiger charge is -2.23. The Hall–Kier alpha value is -2.85. The molecule has 3 aromatic carbocycles. The quantitative estimate of drug-likeness (QED) is 0.553. The second-order valence-electron chi connectivity index (χ2n) is 9.29. The lowest BCUT2D eigenvalue weighted by molar-refractivity contribution is -0.137. The van der Waals surface area contributed by atoms with Gasteiger partial charge in [0.1, 0.15) is 0 Å². The molecule has 4 heteroatoms. The van der Waals surface area contributed by atoms with Crippen molar-refractivity contribution in [3.8, 4) is 0 Å². The molecule has 1 heterocycles. The molecule has 2 fully saturated rings. The number of fused-ring (bicyclic) bond motifs is 1. The fourth-order valence-corrected chi connectivity index (χ4v) is 5.24. The van der Waals surface area contributed by atoms with Crippen molar-refractivity contribution in [2.24, 2.45) is 0 Å². The topological polar surface area (TPSA) is 52.6 Å². The highest BCUT2D eigenvalue weighted by atomic mass is 16.4. The van der Waals surface area contributed by atoms with E-state index in [0.29, 0.717) is 12.1 Å². The van der Waals surface area contributed by atoms with E-state index < -0.39 is 5.97 Å². The Bertz CT molecular complexity index is 1080. The summed E-state index contributed by atoms with van der Waals surface area (Å²) < 4.78 is 0. The Morgan fingerprint density at radius 2 is 1.84 bits per heavy atom. The maximum absolute atomic E-state index is 11.2. The van der Waals surface area contributed by atoms with E-state index >= 15 is 0 Å². The molecule has 2 aliphatic rings. The van der Waals surface area contributed by atoms with Crippen molar-refractivity contribution in [1.82, 2.24) is 5.32 Å². The Kier molecular flexibility index (Phi) is 5.19. The van der Waals surface area contributed by atoms with E-state index in [0.717, 1.165) is 32.4 Å². The SMILES string of the molecule is CC(N[C@H]1CCN(c2ccc(C3(CC(=O)O)CC3)cc2)C1)c1cccc2ccccc12. The Balaban J connectivity index is 1.24. The first-order chi connectivity index (χ1) is 15.0. The Labute approximate surface area is 183 Å². The zero-order chi connectivity index (χ0) is 21.4. The number of anilines is 1. The van der Waals surface area contributed by atoms with Crippen LogP contribution in [0.25, 0.3) is 10.8 Å². The van der Waals surface area contributed by atoms with Gasteiger partial charge in [0.15, 0.2) is 0 Å². The molecule has 1 aliphatic carbocycles. The lowest BCUT2D eigenvalue weighted by Crippen LogP contribution is -2.34. The number of benzene rings is 3. The molecule has 0 spiro atoms. The molecular weight excluding hydrogens is 384 g/mol. The largest absolute Gasteiger partial charge is 0.481 e. The molecule has 5 rings (SSSR count). The Morgan fingerprint density at radius 3 is 2.58 bits per heavy atom. The summed E-state index contributed by atoms with van der Waals surface area (Å²) in [6, 6.07) is 24.5. The molecular formula is C27H30N2O2. The molecule has 1 saturated heterocycles. The van der Waals surface area contributed by atoms with Crippen LogP contribution < -0.4 is 10.2 Å². The highest BCUT2D eigenvalue weighted by Gasteiger charge is 2.45. The third-order valence-electron chi connectivity index (χ3n) is 7.15. The second-order valence-corrected chi connectivity index (χ2v) is 9.29. The molecule has 0 aromatic heterocycles. The van der Waals surface area contributed by atoms with Gasteiger partial charge < -0.3 is 15.3 Å². The van der Waals surface area contributed by atoms with Crippen molar-refractivity contribution in [1.29, 1.82) is 0 Å². The molecule has 1 aliphatic heterocycles. The van der Waals surface area contributed by atoms with Crippen molar-refractivity contribution in [3.05, 3.63) is 77.9 Å². The van der Waals surface area contributed by atoms with Crippen LogP contribution in [0.2, 0.25) is 0 Å². The molecule has 2 atom stereocenters. The molecule has 3 aromatic rings. The predicted octanol–water partition coefficient (Wildman–Crippen LogP) is 5.28. The molecule has 1 saturated carbocycles. The van der Waals surface area contributed by atoms with Gasteiger partial charge in [-0.15, -0.1) is 0 Å². The molecule has 4 nitrogen and oxygen atoms in total. The maximum Gasteiger partial charge on any atom is 0.304 e. The minimum atomic E-state index is -0.699. The predicted molar refractivity (Wildman–Crippen MR) is 126 cm³/mol. The summed E-state index contributed by atoms with van der Waals surface area (Å²) in [5, 5.41) is 15.7. The van der Waals surface area contributed by atoms with Crippen LogP contribution in [0.1, 0.15) is 49.8 Å². The first-order valence-electron chi connectivity index (χ1n) is 11.4. The zero-order valence-corrected chi connectivity index (χ0v) is 18.1. The van der Waals surface area contributed by atoms with Gasteiger partial charge >= 0.3 is 5.97 Å². The summed E-state index contributed by atoms with van der Waals surface area (Å²) in [6.45, 7) is 4.30. The molecule has 2 N–H and O–H groups in total. The van der Waals surface area contributed by atoms with Crippen LogP contribution in [0.3, 0.4) is 0 Å². The van der Waals surface area contributed by atoms with Gasteiger partial charge in [-0.2, -0.15) is 0 Å². The van der Waals surface area contributed by atoms with Crippen molar-refractivity contribution in [2.75, 3.05) is 18.0 Å². The number of rotatable bonds is 7. The standard InChI is InChI=1S/C27H30N2O2/c1-19(24-8-4-6-20-5-2-3-7-25(20)24)28-22-13-16-29(18-22)23-11-9-21(10-12-23)27(14-15-27)17-26(30)31/h2-12,19,22,28H,13-18H2,1H3,(H,30,31)/t19?,22-/m0/s1. The smallest absolute Gasteiger partial charge is 0.304 e. The number of aliphatic carboxylic acids is 1. The molecule has 0 bridgehead atoms. The lowest BCUT2D eigenvalue weighted by atomic mass is 9.92. The van der Waals surface area contributed by atoms with Gasteiger partial charge in [-0.25, -0.2) is 0 Å². The zero-order valence-electron chi connectivity index (χ0n) is 18.1. The highest BCUT2D eigenvalue weighted by Crippen LogP contribution is 2.51. The molecule has 1 unspecified atom stereocenters. The minimum absolute atomic E-state index is 0.118. The fraction of sp³-hybridized carbons (Fsp3) is 0.370. The molecule has 0 amide bonds. The molecule has 0 radical (unpaired) electrons. The summed E-state index contributed by atoms with van der Waals surface area (Å²) in [5.41, 5.74) is 3.65. The van der Waals surface area contributed by atoms with E-state index in [1.165, 1.54) is 27.6 Å². The van der Waals surface area contributed by atoms with E-state index in [4.69, 9.17) is 0 Å². The number of carboxylic acid groups (broad SMARTS) is 1. The summed E-state index contributed by atoms with van der Waals surface area (Å²) >= 11 is 0. The van der Waals surface area contributed by atoms with Gasteiger partial charge in [-0.1, -0.05) is 54.6 Å².